The Kier molecular flexibility index (Phi) is 5.10. The topological polar surface area (TPSA) is 36.7 Å². The molecule has 0 bridgehead atoms. The van der Waals surface area contributed by atoms with E-state index in [2.05, 4.69) is 18.9 Å². The van der Waals surface area contributed by atoms with Crippen LogP contribution in [0.3, 0.4) is 0 Å². The molecule has 4 heteroatoms. The van der Waals surface area contributed by atoms with E-state index in [9.17, 15) is 4.79 Å². The van der Waals surface area contributed by atoms with Crippen molar-refractivity contribution in [3.05, 3.63) is 23.7 Å². The zero-order chi connectivity index (χ0) is 16.4. The Hall–Kier alpha value is -1.29. The van der Waals surface area contributed by atoms with Gasteiger partial charge in [0.2, 0.25) is 5.91 Å². The molecule has 128 valence electrons. The van der Waals surface area contributed by atoms with Gasteiger partial charge in [0, 0.05) is 12.1 Å². The average molecular weight is 318 g/mol. The minimum Gasteiger partial charge on any atom is -0.464 e. The van der Waals surface area contributed by atoms with Gasteiger partial charge in [0.25, 0.3) is 0 Å². The van der Waals surface area contributed by atoms with Crippen LogP contribution in [0, 0.1) is 12.8 Å². The maximum Gasteiger partial charge on any atom is 0.237 e. The normalized spacial score (nSPS) is 24.9. The molecule has 0 spiro atoms. The summed E-state index contributed by atoms with van der Waals surface area (Å²) in [7, 11) is 2.11. The molecule has 1 heterocycles. The number of aryl methyl sites for hydroxylation is 1. The van der Waals surface area contributed by atoms with Gasteiger partial charge in [-0.1, -0.05) is 6.92 Å². The summed E-state index contributed by atoms with van der Waals surface area (Å²) in [6.45, 7) is 5.44. The molecule has 1 aromatic heterocycles. The van der Waals surface area contributed by atoms with Crippen molar-refractivity contribution in [2.75, 3.05) is 13.6 Å². The Morgan fingerprint density at radius 1 is 1.13 bits per heavy atom. The molecule has 0 saturated heterocycles. The van der Waals surface area contributed by atoms with E-state index in [4.69, 9.17) is 4.42 Å². The number of amides is 1. The third-order valence-electron chi connectivity index (χ3n) is 5.42. The fourth-order valence-electron chi connectivity index (χ4n) is 3.66. The second-order valence-corrected chi connectivity index (χ2v) is 7.59. The van der Waals surface area contributed by atoms with E-state index >= 15 is 0 Å². The molecule has 2 fully saturated rings. The van der Waals surface area contributed by atoms with Gasteiger partial charge >= 0.3 is 0 Å². The lowest BCUT2D eigenvalue weighted by molar-refractivity contribution is -0.134. The average Bonchev–Trinajstić information content (AvgIpc) is 3.27. The van der Waals surface area contributed by atoms with Crippen LogP contribution in [0.5, 0.6) is 0 Å². The van der Waals surface area contributed by atoms with Gasteiger partial charge in [0.15, 0.2) is 0 Å². The van der Waals surface area contributed by atoms with Gasteiger partial charge in [-0.3, -0.25) is 9.69 Å². The first-order valence-corrected chi connectivity index (χ1v) is 9.08. The van der Waals surface area contributed by atoms with Crippen molar-refractivity contribution in [3.8, 4) is 0 Å². The first-order chi connectivity index (χ1) is 11.0. The summed E-state index contributed by atoms with van der Waals surface area (Å²) in [6.07, 6.45) is 7.31. The van der Waals surface area contributed by atoms with E-state index in [1.807, 2.05) is 24.0 Å². The van der Waals surface area contributed by atoms with Crippen LogP contribution in [0.15, 0.2) is 16.5 Å². The third-order valence-corrected chi connectivity index (χ3v) is 5.42. The van der Waals surface area contributed by atoms with E-state index in [1.165, 1.54) is 25.7 Å². The largest absolute Gasteiger partial charge is 0.464 e. The van der Waals surface area contributed by atoms with Crippen LogP contribution in [-0.4, -0.2) is 41.4 Å². The Bertz CT molecular complexity index is 527. The lowest BCUT2D eigenvalue weighted by Crippen LogP contribution is -2.44. The van der Waals surface area contributed by atoms with Gasteiger partial charge in [-0.25, -0.2) is 0 Å². The lowest BCUT2D eigenvalue weighted by atomic mass is 9.87. The molecule has 1 amide bonds. The van der Waals surface area contributed by atoms with Gasteiger partial charge in [-0.2, -0.15) is 0 Å². The molecule has 0 N–H and O–H groups in total. The van der Waals surface area contributed by atoms with Crippen LogP contribution in [0.1, 0.15) is 57.0 Å². The van der Waals surface area contributed by atoms with Gasteiger partial charge in [0.05, 0.1) is 13.1 Å². The molecule has 0 radical (unpaired) electrons. The predicted molar refractivity (Wildman–Crippen MR) is 91.1 cm³/mol. The van der Waals surface area contributed by atoms with Crippen molar-refractivity contribution < 1.29 is 9.21 Å². The maximum atomic E-state index is 12.8. The molecule has 0 atom stereocenters. The molecule has 0 aliphatic heterocycles. The minimum atomic E-state index is 0.252. The van der Waals surface area contributed by atoms with Gasteiger partial charge in [-0.05, 0) is 70.5 Å². The van der Waals surface area contributed by atoms with Crippen molar-refractivity contribution in [2.24, 2.45) is 5.92 Å². The zero-order valence-electron chi connectivity index (χ0n) is 14.8. The molecule has 2 aliphatic carbocycles. The standard InChI is InChI=1S/C19H30N2O2/c1-14-4-7-16(8-5-14)20(3)13-19(22)21(17-9-10-17)12-18-11-6-15(2)23-18/h6,11,14,16-17H,4-5,7-10,12-13H2,1-3H3. The van der Waals surface area contributed by atoms with E-state index in [0.717, 1.165) is 30.3 Å². The van der Waals surface area contributed by atoms with Crippen LogP contribution in [-0.2, 0) is 11.3 Å². The molecule has 4 nitrogen and oxygen atoms in total. The number of hydrogen-bond donors (Lipinski definition) is 0. The summed E-state index contributed by atoms with van der Waals surface area (Å²) in [5.41, 5.74) is 0. The van der Waals surface area contributed by atoms with Gasteiger partial charge < -0.3 is 9.32 Å². The van der Waals surface area contributed by atoms with Crippen molar-refractivity contribution in [3.63, 3.8) is 0 Å². The molecule has 3 rings (SSSR count). The number of furan rings is 1. The first kappa shape index (κ1) is 16.6. The highest BCUT2D eigenvalue weighted by Crippen LogP contribution is 2.30. The highest BCUT2D eigenvalue weighted by molar-refractivity contribution is 5.79. The van der Waals surface area contributed by atoms with E-state index in [0.29, 0.717) is 25.2 Å². The second kappa shape index (κ2) is 7.08. The second-order valence-electron chi connectivity index (χ2n) is 7.59. The Morgan fingerprint density at radius 2 is 1.78 bits per heavy atom. The molecular weight excluding hydrogens is 288 g/mol. The molecule has 0 aromatic carbocycles. The fraction of sp³-hybridized carbons (Fsp3) is 0.737. The fourth-order valence-corrected chi connectivity index (χ4v) is 3.66. The highest BCUT2D eigenvalue weighted by Gasteiger charge is 2.34. The van der Waals surface area contributed by atoms with Crippen molar-refractivity contribution in [1.82, 2.24) is 9.80 Å². The lowest BCUT2D eigenvalue weighted by Gasteiger charge is -2.34. The molecular formula is C19H30N2O2. The molecule has 2 saturated carbocycles. The van der Waals surface area contributed by atoms with Crippen LogP contribution in [0.2, 0.25) is 0 Å². The number of hydrogen-bond acceptors (Lipinski definition) is 3. The number of carbonyl (C=O) groups is 1. The smallest absolute Gasteiger partial charge is 0.237 e. The summed E-state index contributed by atoms with van der Waals surface area (Å²) in [4.78, 5) is 17.1. The highest BCUT2D eigenvalue weighted by atomic mass is 16.3. The minimum absolute atomic E-state index is 0.252. The van der Waals surface area contributed by atoms with Crippen molar-refractivity contribution >= 4 is 5.91 Å². The van der Waals surface area contributed by atoms with E-state index in [1.54, 1.807) is 0 Å². The maximum absolute atomic E-state index is 12.8. The van der Waals surface area contributed by atoms with E-state index < -0.39 is 0 Å². The quantitative estimate of drug-likeness (QED) is 0.804. The van der Waals surface area contributed by atoms with Crippen LogP contribution in [0.25, 0.3) is 0 Å². The number of rotatable bonds is 6. The summed E-state index contributed by atoms with van der Waals surface area (Å²) in [5, 5.41) is 0. The number of likely N-dealkylation sites (N-methyl/N-ethyl adjacent to an activating group) is 1. The monoisotopic (exact) mass is 318 g/mol. The predicted octanol–water partition coefficient (Wildman–Crippen LogP) is 3.59. The van der Waals surface area contributed by atoms with Crippen LogP contribution in [0.4, 0.5) is 0 Å². The van der Waals surface area contributed by atoms with Crippen molar-refractivity contribution in [2.45, 2.75) is 71.0 Å². The summed E-state index contributed by atoms with van der Waals surface area (Å²) < 4.78 is 5.67. The SMILES string of the molecule is Cc1ccc(CN(C(=O)CN(C)C2CCC(C)CC2)C2CC2)o1. The summed E-state index contributed by atoms with van der Waals surface area (Å²) in [5.74, 6) is 2.91. The molecule has 0 unspecified atom stereocenters. The van der Waals surface area contributed by atoms with Crippen LogP contribution < -0.4 is 0 Å². The Morgan fingerprint density at radius 3 is 2.35 bits per heavy atom. The van der Waals surface area contributed by atoms with E-state index in [-0.39, 0.29) is 5.91 Å². The number of nitrogens with zero attached hydrogens (tertiary/aromatic N) is 2. The molecule has 2 aliphatic rings. The molecule has 23 heavy (non-hydrogen) atoms. The number of carbonyl (C=O) groups excluding carboxylic acids is 1. The third kappa shape index (κ3) is 4.37. The van der Waals surface area contributed by atoms with Crippen molar-refractivity contribution in [1.29, 1.82) is 0 Å². The Balaban J connectivity index is 1.56. The first-order valence-electron chi connectivity index (χ1n) is 9.08. The zero-order valence-corrected chi connectivity index (χ0v) is 14.8. The molecule has 1 aromatic rings. The summed E-state index contributed by atoms with van der Waals surface area (Å²) in [6, 6.07) is 4.96. The Labute approximate surface area is 139 Å². The van der Waals surface area contributed by atoms with Gasteiger partial charge in [0.1, 0.15) is 11.5 Å². The van der Waals surface area contributed by atoms with Gasteiger partial charge in [-0.15, -0.1) is 0 Å². The van der Waals surface area contributed by atoms with Crippen LogP contribution >= 0.6 is 0 Å². The summed E-state index contributed by atoms with van der Waals surface area (Å²) >= 11 is 0.